The number of nitrogens with one attached hydrogen (secondary N) is 2. The summed E-state index contributed by atoms with van der Waals surface area (Å²) in [5.41, 5.74) is 1.02. The Balaban J connectivity index is 0.00000364. The number of halogens is 1. The number of aliphatic imine (C=N–C) groups is 1. The van der Waals surface area contributed by atoms with Crippen molar-refractivity contribution in [3.05, 3.63) is 54.0 Å². The van der Waals surface area contributed by atoms with Gasteiger partial charge < -0.3 is 20.2 Å². The van der Waals surface area contributed by atoms with E-state index in [1.807, 2.05) is 19.1 Å². The van der Waals surface area contributed by atoms with Crippen molar-refractivity contribution < 1.29 is 17.9 Å². The fourth-order valence-corrected chi connectivity index (χ4v) is 2.95. The Morgan fingerprint density at radius 1 is 1.22 bits per heavy atom. The Hall–Kier alpha value is -1.59. The van der Waals surface area contributed by atoms with Gasteiger partial charge in [-0.15, -0.1) is 24.0 Å². The second-order valence-corrected chi connectivity index (χ2v) is 7.86. The lowest BCUT2D eigenvalue weighted by Crippen LogP contribution is -2.38. The van der Waals surface area contributed by atoms with Gasteiger partial charge in [-0.3, -0.25) is 4.99 Å². The van der Waals surface area contributed by atoms with Crippen LogP contribution in [0.1, 0.15) is 24.4 Å². The Morgan fingerprint density at radius 3 is 2.48 bits per heavy atom. The average Bonchev–Trinajstić information content (AvgIpc) is 3.14. The van der Waals surface area contributed by atoms with E-state index in [1.165, 1.54) is 12.5 Å². The highest BCUT2D eigenvalue weighted by molar-refractivity contribution is 14.0. The van der Waals surface area contributed by atoms with Crippen molar-refractivity contribution in [3.8, 4) is 0 Å². The number of guanidine groups is 1. The zero-order chi connectivity index (χ0) is 19.0. The number of furan rings is 1. The van der Waals surface area contributed by atoms with Gasteiger partial charge in [-0.25, -0.2) is 8.42 Å². The molecule has 27 heavy (non-hydrogen) atoms. The van der Waals surface area contributed by atoms with E-state index in [1.54, 1.807) is 24.3 Å². The normalized spacial score (nSPS) is 12.9. The summed E-state index contributed by atoms with van der Waals surface area (Å²) in [5.74, 6) is 1.08. The molecule has 0 saturated carbocycles. The largest absolute Gasteiger partial charge is 0.467 e. The van der Waals surface area contributed by atoms with Crippen molar-refractivity contribution in [2.45, 2.75) is 24.3 Å². The third kappa shape index (κ3) is 7.89. The minimum Gasteiger partial charge on any atom is -0.467 e. The van der Waals surface area contributed by atoms with Crippen LogP contribution in [0, 0.1) is 0 Å². The molecule has 0 spiro atoms. The van der Waals surface area contributed by atoms with E-state index >= 15 is 0 Å². The van der Waals surface area contributed by atoms with E-state index in [2.05, 4.69) is 15.6 Å². The topological polar surface area (TPSA) is 104 Å². The van der Waals surface area contributed by atoms with Crippen LogP contribution in [0.15, 0.2) is 57.0 Å². The fraction of sp³-hybridized carbons (Fsp3) is 0.389. The molecular weight excluding hydrogens is 481 g/mol. The Labute approximate surface area is 177 Å². The van der Waals surface area contributed by atoms with Crippen molar-refractivity contribution >= 4 is 39.8 Å². The summed E-state index contributed by atoms with van der Waals surface area (Å²) in [7, 11) is -3.17. The lowest BCUT2D eigenvalue weighted by Gasteiger charge is -2.12. The highest BCUT2D eigenvalue weighted by atomic mass is 127. The third-order valence-corrected chi connectivity index (χ3v) is 4.82. The van der Waals surface area contributed by atoms with Crippen LogP contribution in [0.3, 0.4) is 0 Å². The zero-order valence-electron chi connectivity index (χ0n) is 15.4. The van der Waals surface area contributed by atoms with Crippen molar-refractivity contribution in [2.24, 2.45) is 4.99 Å². The van der Waals surface area contributed by atoms with Gasteiger partial charge in [0, 0.05) is 19.3 Å². The zero-order valence-corrected chi connectivity index (χ0v) is 18.5. The molecule has 150 valence electrons. The van der Waals surface area contributed by atoms with Crippen LogP contribution in [0.25, 0.3) is 0 Å². The van der Waals surface area contributed by atoms with E-state index in [0.29, 0.717) is 29.7 Å². The van der Waals surface area contributed by atoms with E-state index in [4.69, 9.17) is 4.42 Å². The van der Waals surface area contributed by atoms with Gasteiger partial charge in [-0.1, -0.05) is 12.1 Å². The molecule has 0 aliphatic heterocycles. The van der Waals surface area contributed by atoms with Crippen LogP contribution in [-0.4, -0.2) is 45.4 Å². The number of benzene rings is 1. The van der Waals surface area contributed by atoms with E-state index in [0.717, 1.165) is 12.0 Å². The van der Waals surface area contributed by atoms with Gasteiger partial charge in [-0.2, -0.15) is 0 Å². The van der Waals surface area contributed by atoms with Crippen LogP contribution in [0.5, 0.6) is 0 Å². The molecule has 7 nitrogen and oxygen atoms in total. The van der Waals surface area contributed by atoms with Crippen molar-refractivity contribution in [1.82, 2.24) is 10.6 Å². The first-order valence-corrected chi connectivity index (χ1v) is 10.3. The molecule has 3 N–H and O–H groups in total. The van der Waals surface area contributed by atoms with E-state index in [9.17, 15) is 13.5 Å². The van der Waals surface area contributed by atoms with Crippen LogP contribution >= 0.6 is 24.0 Å². The number of rotatable bonds is 8. The highest BCUT2D eigenvalue weighted by Gasteiger charge is 2.10. The number of hydrogen-bond donors (Lipinski definition) is 3. The molecule has 2 aromatic rings. The summed E-state index contributed by atoms with van der Waals surface area (Å²) < 4.78 is 28.1. The quantitative estimate of drug-likeness (QED) is 0.288. The molecule has 0 aliphatic rings. The van der Waals surface area contributed by atoms with Gasteiger partial charge in [-0.05, 0) is 43.2 Å². The second-order valence-electron chi connectivity index (χ2n) is 5.84. The maximum absolute atomic E-state index is 11.5. The van der Waals surface area contributed by atoms with Crippen LogP contribution in [0.4, 0.5) is 0 Å². The summed E-state index contributed by atoms with van der Waals surface area (Å²) >= 11 is 0. The van der Waals surface area contributed by atoms with Crippen molar-refractivity contribution in [3.63, 3.8) is 0 Å². The van der Waals surface area contributed by atoms with E-state index < -0.39 is 15.9 Å². The smallest absolute Gasteiger partial charge is 0.191 e. The molecule has 0 aliphatic carbocycles. The molecule has 1 heterocycles. The first-order chi connectivity index (χ1) is 12.4. The number of hydrogen-bond acceptors (Lipinski definition) is 5. The number of sulfone groups is 1. The second kappa shape index (κ2) is 11.3. The lowest BCUT2D eigenvalue weighted by atomic mass is 10.1. The Bertz CT molecular complexity index is 806. The molecule has 1 aromatic carbocycles. The molecule has 2 rings (SSSR count). The van der Waals surface area contributed by atoms with Crippen LogP contribution in [0.2, 0.25) is 0 Å². The molecule has 0 bridgehead atoms. The predicted molar refractivity (Wildman–Crippen MR) is 116 cm³/mol. The first-order valence-electron chi connectivity index (χ1n) is 8.42. The summed E-state index contributed by atoms with van der Waals surface area (Å²) in [6, 6.07) is 10.3. The summed E-state index contributed by atoms with van der Waals surface area (Å²) in [6.45, 7) is 3.47. The molecule has 0 saturated heterocycles. The SMILES string of the molecule is CCNC(=NCC(O)c1ccco1)NCCc1ccc(S(C)(=O)=O)cc1.I. The number of nitrogens with zero attached hydrogens (tertiary/aromatic N) is 1. The van der Waals surface area contributed by atoms with Gasteiger partial charge in [0.05, 0.1) is 17.7 Å². The maximum Gasteiger partial charge on any atom is 0.191 e. The van der Waals surface area contributed by atoms with E-state index in [-0.39, 0.29) is 30.5 Å². The molecule has 1 aromatic heterocycles. The summed E-state index contributed by atoms with van der Waals surface area (Å²) in [5, 5.41) is 16.3. The van der Waals surface area contributed by atoms with Gasteiger partial charge in [0.2, 0.25) is 0 Å². The minimum absolute atomic E-state index is 0. The standard InChI is InChI=1S/C18H25N3O4S.HI/c1-3-19-18(21-13-16(22)17-5-4-12-25-17)20-11-10-14-6-8-15(9-7-14)26(2,23)24;/h4-9,12,16,22H,3,10-11,13H2,1-2H3,(H2,19,20,21);1H. The van der Waals surface area contributed by atoms with Crippen molar-refractivity contribution in [1.29, 1.82) is 0 Å². The molecule has 9 heteroatoms. The lowest BCUT2D eigenvalue weighted by molar-refractivity contribution is 0.158. The number of aliphatic hydroxyl groups excluding tert-OH is 1. The first kappa shape index (κ1) is 23.4. The number of aliphatic hydroxyl groups is 1. The predicted octanol–water partition coefficient (Wildman–Crippen LogP) is 2.13. The van der Waals surface area contributed by atoms with Gasteiger partial charge in [0.15, 0.2) is 15.8 Å². The Morgan fingerprint density at radius 2 is 1.93 bits per heavy atom. The third-order valence-electron chi connectivity index (χ3n) is 3.70. The molecule has 0 fully saturated rings. The monoisotopic (exact) mass is 507 g/mol. The molecule has 1 atom stereocenters. The van der Waals surface area contributed by atoms with Crippen LogP contribution < -0.4 is 10.6 Å². The summed E-state index contributed by atoms with van der Waals surface area (Å²) in [4.78, 5) is 4.67. The van der Waals surface area contributed by atoms with Gasteiger partial charge >= 0.3 is 0 Å². The maximum atomic E-state index is 11.5. The minimum atomic E-state index is -3.17. The van der Waals surface area contributed by atoms with Gasteiger partial charge in [0.1, 0.15) is 11.9 Å². The molecule has 0 amide bonds. The average molecular weight is 507 g/mol. The highest BCUT2D eigenvalue weighted by Crippen LogP contribution is 2.13. The molecular formula is C18H26IN3O4S. The molecule has 0 radical (unpaired) electrons. The van der Waals surface area contributed by atoms with Crippen LogP contribution in [-0.2, 0) is 16.3 Å². The fourth-order valence-electron chi connectivity index (χ4n) is 2.32. The van der Waals surface area contributed by atoms with Crippen molar-refractivity contribution in [2.75, 3.05) is 25.9 Å². The van der Waals surface area contributed by atoms with Gasteiger partial charge in [0.25, 0.3) is 0 Å². The Kier molecular flexibility index (Phi) is 9.81. The molecule has 1 unspecified atom stereocenters. The summed E-state index contributed by atoms with van der Waals surface area (Å²) in [6.07, 6.45) is 2.64.